The van der Waals surface area contributed by atoms with Crippen molar-refractivity contribution in [1.82, 2.24) is 0 Å². The third kappa shape index (κ3) is 4.56. The van der Waals surface area contributed by atoms with Crippen LogP contribution in [0.25, 0.3) is 0 Å². The first-order chi connectivity index (χ1) is 9.17. The zero-order chi connectivity index (χ0) is 13.7. The lowest BCUT2D eigenvalue weighted by Crippen LogP contribution is -2.10. The Hall–Kier alpha value is -0.980. The lowest BCUT2D eigenvalue weighted by Gasteiger charge is -2.14. The summed E-state index contributed by atoms with van der Waals surface area (Å²) < 4.78 is 0. The first-order valence-corrected chi connectivity index (χ1v) is 7.44. The average molecular weight is 293 g/mol. The first kappa shape index (κ1) is 14.4. The predicted octanol–water partition coefficient (Wildman–Crippen LogP) is 5.29. The highest BCUT2D eigenvalue weighted by atomic mass is 35.5. The lowest BCUT2D eigenvalue weighted by molar-refractivity contribution is 0.584. The SMILES string of the molecule is Cc1ccc(CC(CCl)Cc2ccc(Cl)cc2)cc1. The summed E-state index contributed by atoms with van der Waals surface area (Å²) in [6, 6.07) is 16.7. The Morgan fingerprint density at radius 1 is 0.842 bits per heavy atom. The van der Waals surface area contributed by atoms with Crippen molar-refractivity contribution in [3.63, 3.8) is 0 Å². The molecule has 2 aromatic carbocycles. The Morgan fingerprint density at radius 2 is 1.32 bits per heavy atom. The van der Waals surface area contributed by atoms with Crippen molar-refractivity contribution in [2.75, 3.05) is 5.88 Å². The maximum atomic E-state index is 6.10. The van der Waals surface area contributed by atoms with Crippen molar-refractivity contribution in [1.29, 1.82) is 0 Å². The van der Waals surface area contributed by atoms with E-state index in [1.807, 2.05) is 12.1 Å². The summed E-state index contributed by atoms with van der Waals surface area (Å²) >= 11 is 12.0. The molecule has 0 N–H and O–H groups in total. The van der Waals surface area contributed by atoms with Gasteiger partial charge in [0.25, 0.3) is 0 Å². The fourth-order valence-electron chi connectivity index (χ4n) is 2.19. The lowest BCUT2D eigenvalue weighted by atomic mass is 9.94. The molecule has 0 aliphatic carbocycles. The van der Waals surface area contributed by atoms with E-state index in [1.54, 1.807) is 0 Å². The van der Waals surface area contributed by atoms with Crippen LogP contribution in [0.4, 0.5) is 0 Å². The number of halogens is 2. The van der Waals surface area contributed by atoms with Crippen LogP contribution in [-0.2, 0) is 12.8 Å². The highest BCUT2D eigenvalue weighted by Crippen LogP contribution is 2.18. The van der Waals surface area contributed by atoms with E-state index in [9.17, 15) is 0 Å². The molecular formula is C17H18Cl2. The van der Waals surface area contributed by atoms with Crippen LogP contribution in [0.5, 0.6) is 0 Å². The van der Waals surface area contributed by atoms with Crippen molar-refractivity contribution in [3.05, 3.63) is 70.2 Å². The third-order valence-electron chi connectivity index (χ3n) is 3.30. The van der Waals surface area contributed by atoms with Crippen molar-refractivity contribution in [2.24, 2.45) is 5.92 Å². The van der Waals surface area contributed by atoms with Gasteiger partial charge in [-0.3, -0.25) is 0 Å². The van der Waals surface area contributed by atoms with Crippen LogP contribution in [0, 0.1) is 12.8 Å². The molecule has 0 amide bonds. The van der Waals surface area contributed by atoms with Crippen LogP contribution in [0.1, 0.15) is 16.7 Å². The van der Waals surface area contributed by atoms with Gasteiger partial charge in [-0.2, -0.15) is 0 Å². The fraction of sp³-hybridized carbons (Fsp3) is 0.294. The molecule has 2 rings (SSSR count). The predicted molar refractivity (Wildman–Crippen MR) is 84.2 cm³/mol. The summed E-state index contributed by atoms with van der Waals surface area (Å²) in [4.78, 5) is 0. The van der Waals surface area contributed by atoms with Gasteiger partial charge in [-0.25, -0.2) is 0 Å². The molecule has 0 saturated carbocycles. The summed E-state index contributed by atoms with van der Waals surface area (Å²) in [5, 5.41) is 0.782. The first-order valence-electron chi connectivity index (χ1n) is 6.53. The van der Waals surface area contributed by atoms with Crippen molar-refractivity contribution < 1.29 is 0 Å². The van der Waals surface area contributed by atoms with Gasteiger partial charge in [-0.1, -0.05) is 53.6 Å². The summed E-state index contributed by atoms with van der Waals surface area (Å²) in [5.41, 5.74) is 3.94. The Balaban J connectivity index is 2.00. The van der Waals surface area contributed by atoms with Gasteiger partial charge in [-0.05, 0) is 48.9 Å². The van der Waals surface area contributed by atoms with Gasteiger partial charge in [0.15, 0.2) is 0 Å². The van der Waals surface area contributed by atoms with Crippen molar-refractivity contribution >= 4 is 23.2 Å². The number of aryl methyl sites for hydroxylation is 1. The van der Waals surface area contributed by atoms with Crippen molar-refractivity contribution in [2.45, 2.75) is 19.8 Å². The highest BCUT2D eigenvalue weighted by molar-refractivity contribution is 6.30. The molecule has 0 nitrogen and oxygen atoms in total. The molecule has 1 atom stereocenters. The Bertz CT molecular complexity index is 452. The van der Waals surface area contributed by atoms with Gasteiger partial charge >= 0.3 is 0 Å². The molecule has 0 bridgehead atoms. The van der Waals surface area contributed by atoms with Gasteiger partial charge in [0.1, 0.15) is 0 Å². The molecular weight excluding hydrogens is 275 g/mol. The zero-order valence-electron chi connectivity index (χ0n) is 11.1. The quantitative estimate of drug-likeness (QED) is 0.657. The molecule has 0 aliphatic rings. The minimum Gasteiger partial charge on any atom is -0.126 e. The second kappa shape index (κ2) is 6.98. The number of alkyl halides is 1. The molecule has 0 aromatic heterocycles. The van der Waals surface area contributed by atoms with E-state index in [2.05, 4.69) is 43.3 Å². The number of hydrogen-bond acceptors (Lipinski definition) is 0. The molecule has 0 fully saturated rings. The summed E-state index contributed by atoms with van der Waals surface area (Å²) in [5.74, 6) is 1.14. The fourth-order valence-corrected chi connectivity index (χ4v) is 2.54. The normalized spacial score (nSPS) is 12.4. The molecule has 0 saturated heterocycles. The van der Waals surface area contributed by atoms with Gasteiger partial charge in [0, 0.05) is 10.9 Å². The van der Waals surface area contributed by atoms with Crippen LogP contribution in [0.2, 0.25) is 5.02 Å². The average Bonchev–Trinajstić information content (AvgIpc) is 2.43. The molecule has 100 valence electrons. The minimum atomic E-state index is 0.463. The molecule has 2 aromatic rings. The van der Waals surface area contributed by atoms with Crippen LogP contribution < -0.4 is 0 Å². The molecule has 1 unspecified atom stereocenters. The number of rotatable bonds is 5. The Kier molecular flexibility index (Phi) is 5.30. The summed E-state index contributed by atoms with van der Waals surface area (Å²) in [6.07, 6.45) is 2.01. The smallest absolute Gasteiger partial charge is 0.0406 e. The van der Waals surface area contributed by atoms with Gasteiger partial charge in [0.2, 0.25) is 0 Å². The van der Waals surface area contributed by atoms with E-state index in [0.717, 1.165) is 17.9 Å². The largest absolute Gasteiger partial charge is 0.126 e. The summed E-state index contributed by atoms with van der Waals surface area (Å²) in [6.45, 7) is 2.11. The molecule has 0 aliphatic heterocycles. The van der Waals surface area contributed by atoms with E-state index >= 15 is 0 Å². The van der Waals surface area contributed by atoms with E-state index in [1.165, 1.54) is 16.7 Å². The zero-order valence-corrected chi connectivity index (χ0v) is 12.6. The molecule has 19 heavy (non-hydrogen) atoms. The van der Waals surface area contributed by atoms with E-state index in [-0.39, 0.29) is 0 Å². The maximum Gasteiger partial charge on any atom is 0.0406 e. The standard InChI is InChI=1S/C17H18Cl2/c1-13-2-4-14(5-3-13)10-16(12-18)11-15-6-8-17(19)9-7-15/h2-9,16H,10-12H2,1H3. The van der Waals surface area contributed by atoms with Gasteiger partial charge in [-0.15, -0.1) is 11.6 Å². The third-order valence-corrected chi connectivity index (χ3v) is 3.99. The maximum absolute atomic E-state index is 6.10. The van der Waals surface area contributed by atoms with Gasteiger partial charge < -0.3 is 0 Å². The summed E-state index contributed by atoms with van der Waals surface area (Å²) in [7, 11) is 0. The van der Waals surface area contributed by atoms with Crippen LogP contribution >= 0.6 is 23.2 Å². The highest BCUT2D eigenvalue weighted by Gasteiger charge is 2.09. The van der Waals surface area contributed by atoms with Crippen LogP contribution in [-0.4, -0.2) is 5.88 Å². The van der Waals surface area contributed by atoms with Crippen molar-refractivity contribution in [3.8, 4) is 0 Å². The van der Waals surface area contributed by atoms with Gasteiger partial charge in [0.05, 0.1) is 0 Å². The number of benzene rings is 2. The van der Waals surface area contributed by atoms with Crippen LogP contribution in [0.3, 0.4) is 0 Å². The molecule has 2 heteroatoms. The Morgan fingerprint density at radius 3 is 1.79 bits per heavy atom. The molecule has 0 spiro atoms. The number of hydrogen-bond donors (Lipinski definition) is 0. The molecule has 0 radical (unpaired) electrons. The van der Waals surface area contributed by atoms with Crippen LogP contribution in [0.15, 0.2) is 48.5 Å². The second-order valence-electron chi connectivity index (χ2n) is 5.04. The second-order valence-corrected chi connectivity index (χ2v) is 5.79. The van der Waals surface area contributed by atoms with E-state index in [0.29, 0.717) is 11.8 Å². The van der Waals surface area contributed by atoms with E-state index < -0.39 is 0 Å². The topological polar surface area (TPSA) is 0 Å². The Labute approximate surface area is 125 Å². The molecule has 0 heterocycles. The minimum absolute atomic E-state index is 0.463. The van der Waals surface area contributed by atoms with E-state index in [4.69, 9.17) is 23.2 Å². The monoisotopic (exact) mass is 292 g/mol.